The van der Waals surface area contributed by atoms with E-state index in [1.54, 1.807) is 24.3 Å². The van der Waals surface area contributed by atoms with Crippen LogP contribution in [0.3, 0.4) is 0 Å². The van der Waals surface area contributed by atoms with Crippen LogP contribution >= 0.6 is 0 Å². The second-order valence-electron chi connectivity index (χ2n) is 6.61. The number of benzene rings is 1. The molecule has 0 spiro atoms. The van der Waals surface area contributed by atoms with Crippen LogP contribution in [0.5, 0.6) is 5.75 Å². The molecule has 2 saturated heterocycles. The molecule has 2 aliphatic rings. The van der Waals surface area contributed by atoms with Gasteiger partial charge in [0.1, 0.15) is 5.75 Å². The summed E-state index contributed by atoms with van der Waals surface area (Å²) in [5, 5.41) is 3.26. The number of imide groups is 1. The quantitative estimate of drug-likeness (QED) is 0.764. The molecule has 1 unspecified atom stereocenters. The van der Waals surface area contributed by atoms with E-state index in [1.807, 2.05) is 6.92 Å². The molecule has 3 rings (SSSR count). The number of carbonyl (C=O) groups is 2. The number of piperidine rings is 1. The molecule has 0 aromatic heterocycles. The Balaban J connectivity index is 1.54. The van der Waals surface area contributed by atoms with Crippen molar-refractivity contribution in [3.63, 3.8) is 0 Å². The van der Waals surface area contributed by atoms with Crippen molar-refractivity contribution in [3.8, 4) is 5.75 Å². The number of nitrogens with zero attached hydrogens (tertiary/aromatic N) is 2. The molecule has 1 atom stereocenters. The predicted molar refractivity (Wildman–Crippen MR) is 96.8 cm³/mol. The Morgan fingerprint density at radius 2 is 1.84 bits per heavy atom. The number of nitrogens with one attached hydrogen (secondary N) is 1. The summed E-state index contributed by atoms with van der Waals surface area (Å²) in [6, 6.07) is 6.68. The first-order valence-corrected chi connectivity index (χ1v) is 9.24. The van der Waals surface area contributed by atoms with Crippen molar-refractivity contribution in [1.82, 2.24) is 10.2 Å². The van der Waals surface area contributed by atoms with Crippen molar-refractivity contribution in [2.75, 3.05) is 37.7 Å². The molecule has 136 valence electrons. The van der Waals surface area contributed by atoms with E-state index in [0.717, 1.165) is 31.9 Å². The lowest BCUT2D eigenvalue weighted by Gasteiger charge is -2.26. The van der Waals surface area contributed by atoms with Gasteiger partial charge in [-0.15, -0.1) is 0 Å². The van der Waals surface area contributed by atoms with Crippen LogP contribution in [0.25, 0.3) is 0 Å². The largest absolute Gasteiger partial charge is 0.494 e. The van der Waals surface area contributed by atoms with Gasteiger partial charge in [0.2, 0.25) is 5.91 Å². The highest BCUT2D eigenvalue weighted by Gasteiger charge is 2.39. The number of hydrogen-bond donors (Lipinski definition) is 1. The highest BCUT2D eigenvalue weighted by atomic mass is 16.5. The summed E-state index contributed by atoms with van der Waals surface area (Å²) in [5.41, 5.74) is 0.610. The highest BCUT2D eigenvalue weighted by Crippen LogP contribution is 2.25. The molecule has 6 nitrogen and oxygen atoms in total. The predicted octanol–water partition coefficient (Wildman–Crippen LogP) is 1.79. The zero-order valence-corrected chi connectivity index (χ0v) is 14.9. The van der Waals surface area contributed by atoms with Crippen molar-refractivity contribution in [3.05, 3.63) is 24.3 Å². The normalized spacial score (nSPS) is 21.8. The number of hydrogen-bond acceptors (Lipinski definition) is 5. The Kier molecular flexibility index (Phi) is 6.04. The third kappa shape index (κ3) is 4.38. The smallest absolute Gasteiger partial charge is 0.251 e. The van der Waals surface area contributed by atoms with E-state index in [-0.39, 0.29) is 18.2 Å². The van der Waals surface area contributed by atoms with Gasteiger partial charge in [0.15, 0.2) is 0 Å². The van der Waals surface area contributed by atoms with Crippen LogP contribution in [0, 0.1) is 0 Å². The minimum Gasteiger partial charge on any atom is -0.494 e. The first-order chi connectivity index (χ1) is 12.2. The highest BCUT2D eigenvalue weighted by molar-refractivity contribution is 6.22. The Bertz CT molecular complexity index is 596. The maximum atomic E-state index is 12.6. The molecule has 0 radical (unpaired) electrons. The van der Waals surface area contributed by atoms with Gasteiger partial charge < -0.3 is 15.0 Å². The van der Waals surface area contributed by atoms with Gasteiger partial charge in [-0.25, -0.2) is 4.90 Å². The minimum absolute atomic E-state index is 0.148. The van der Waals surface area contributed by atoms with Crippen molar-refractivity contribution >= 4 is 17.5 Å². The molecular formula is C19H27N3O3. The van der Waals surface area contributed by atoms with Gasteiger partial charge in [-0.3, -0.25) is 9.59 Å². The van der Waals surface area contributed by atoms with Crippen molar-refractivity contribution in [1.29, 1.82) is 0 Å². The summed E-state index contributed by atoms with van der Waals surface area (Å²) >= 11 is 0. The Morgan fingerprint density at radius 1 is 1.12 bits per heavy atom. The molecule has 0 aliphatic carbocycles. The van der Waals surface area contributed by atoms with Crippen molar-refractivity contribution in [2.45, 2.75) is 38.6 Å². The molecule has 2 amide bonds. The van der Waals surface area contributed by atoms with Gasteiger partial charge in [0, 0.05) is 13.1 Å². The van der Waals surface area contributed by atoms with Gasteiger partial charge >= 0.3 is 0 Å². The van der Waals surface area contributed by atoms with Crippen LogP contribution in [0.15, 0.2) is 24.3 Å². The number of likely N-dealkylation sites (tertiary alicyclic amines) is 1. The number of ether oxygens (including phenoxy) is 1. The maximum absolute atomic E-state index is 12.6. The SMILES string of the molecule is CCOc1ccc(N2C(=O)CC(NCCN3CCCCC3)C2=O)cc1. The van der Waals surface area contributed by atoms with E-state index in [2.05, 4.69) is 10.2 Å². The fourth-order valence-corrected chi connectivity index (χ4v) is 3.50. The molecule has 0 bridgehead atoms. The first kappa shape index (κ1) is 17.9. The van der Waals surface area contributed by atoms with Crippen LogP contribution in [-0.4, -0.2) is 55.5 Å². The number of carbonyl (C=O) groups excluding carboxylic acids is 2. The van der Waals surface area contributed by atoms with Crippen molar-refractivity contribution in [2.24, 2.45) is 0 Å². The van der Waals surface area contributed by atoms with E-state index < -0.39 is 6.04 Å². The Labute approximate surface area is 149 Å². The van der Waals surface area contributed by atoms with Crippen LogP contribution in [0.4, 0.5) is 5.69 Å². The van der Waals surface area contributed by atoms with Gasteiger partial charge in [-0.05, 0) is 57.1 Å². The van der Waals surface area contributed by atoms with Crippen LogP contribution in [0.2, 0.25) is 0 Å². The van der Waals surface area contributed by atoms with Gasteiger partial charge in [-0.1, -0.05) is 6.42 Å². The fourth-order valence-electron chi connectivity index (χ4n) is 3.50. The average Bonchev–Trinajstić information content (AvgIpc) is 2.91. The lowest BCUT2D eigenvalue weighted by Crippen LogP contribution is -2.43. The summed E-state index contributed by atoms with van der Waals surface area (Å²) in [7, 11) is 0. The van der Waals surface area contributed by atoms with E-state index in [4.69, 9.17) is 4.74 Å². The monoisotopic (exact) mass is 345 g/mol. The maximum Gasteiger partial charge on any atom is 0.251 e. The Hall–Kier alpha value is -1.92. The molecule has 1 N–H and O–H groups in total. The van der Waals surface area contributed by atoms with E-state index in [1.165, 1.54) is 24.2 Å². The number of amides is 2. The lowest BCUT2D eigenvalue weighted by molar-refractivity contribution is -0.121. The first-order valence-electron chi connectivity index (χ1n) is 9.24. The van der Waals surface area contributed by atoms with Gasteiger partial charge in [-0.2, -0.15) is 0 Å². The molecule has 0 saturated carbocycles. The van der Waals surface area contributed by atoms with Crippen LogP contribution < -0.4 is 15.0 Å². The van der Waals surface area contributed by atoms with Crippen LogP contribution in [0.1, 0.15) is 32.6 Å². The molecule has 25 heavy (non-hydrogen) atoms. The standard InChI is InChI=1S/C19H27N3O3/c1-2-25-16-8-6-15(7-9-16)22-18(23)14-17(19(22)24)20-10-13-21-11-4-3-5-12-21/h6-9,17,20H,2-5,10-14H2,1H3. The summed E-state index contributed by atoms with van der Waals surface area (Å²) in [6.07, 6.45) is 4.06. The van der Waals surface area contributed by atoms with Gasteiger partial charge in [0.05, 0.1) is 24.8 Å². The van der Waals surface area contributed by atoms with E-state index in [9.17, 15) is 9.59 Å². The Morgan fingerprint density at radius 3 is 2.52 bits per heavy atom. The molecule has 1 aromatic carbocycles. The van der Waals surface area contributed by atoms with E-state index >= 15 is 0 Å². The number of anilines is 1. The van der Waals surface area contributed by atoms with Gasteiger partial charge in [0.25, 0.3) is 5.91 Å². The third-order valence-electron chi connectivity index (χ3n) is 4.82. The fraction of sp³-hybridized carbons (Fsp3) is 0.579. The minimum atomic E-state index is -0.413. The molecule has 2 heterocycles. The molecule has 6 heteroatoms. The third-order valence-corrected chi connectivity index (χ3v) is 4.82. The molecule has 2 fully saturated rings. The average molecular weight is 345 g/mol. The summed E-state index contributed by atoms with van der Waals surface area (Å²) in [4.78, 5) is 28.6. The zero-order valence-electron chi connectivity index (χ0n) is 14.9. The topological polar surface area (TPSA) is 61.9 Å². The second kappa shape index (κ2) is 8.45. The molecule has 1 aromatic rings. The zero-order chi connectivity index (χ0) is 17.6. The summed E-state index contributed by atoms with van der Waals surface area (Å²) in [6.45, 7) is 6.45. The lowest BCUT2D eigenvalue weighted by atomic mass is 10.1. The number of rotatable bonds is 7. The second-order valence-corrected chi connectivity index (χ2v) is 6.61. The summed E-state index contributed by atoms with van der Waals surface area (Å²) < 4.78 is 5.40. The summed E-state index contributed by atoms with van der Waals surface area (Å²) in [5.74, 6) is 0.430. The molecular weight excluding hydrogens is 318 g/mol. The van der Waals surface area contributed by atoms with Crippen LogP contribution in [-0.2, 0) is 9.59 Å². The van der Waals surface area contributed by atoms with E-state index in [0.29, 0.717) is 12.3 Å². The van der Waals surface area contributed by atoms with Crippen molar-refractivity contribution < 1.29 is 14.3 Å². The molecule has 2 aliphatic heterocycles.